The van der Waals surface area contributed by atoms with Crippen molar-refractivity contribution in [2.75, 3.05) is 7.11 Å². The average molecular weight is 392 g/mol. The lowest BCUT2D eigenvalue weighted by Crippen LogP contribution is -2.27. The van der Waals surface area contributed by atoms with Crippen LogP contribution in [0.25, 0.3) is 0 Å². The number of benzene rings is 2. The van der Waals surface area contributed by atoms with Crippen molar-refractivity contribution >= 4 is 33.2 Å². The van der Waals surface area contributed by atoms with E-state index >= 15 is 0 Å². The summed E-state index contributed by atoms with van der Waals surface area (Å²) in [5.41, 5.74) is 1.05. The zero-order valence-corrected chi connectivity index (χ0v) is 15.6. The van der Waals surface area contributed by atoms with Crippen molar-refractivity contribution in [1.29, 1.82) is 0 Å². The van der Waals surface area contributed by atoms with Crippen LogP contribution in [0.5, 0.6) is 5.75 Å². The zero-order chi connectivity index (χ0) is 18.1. The molecule has 4 nitrogen and oxygen atoms in total. The van der Waals surface area contributed by atoms with Crippen molar-refractivity contribution < 1.29 is 17.5 Å². The SMILES string of the molecule is COc1ccc(C)cc1S(=O)(=O)N[C@@H](C)c1cc(F)c(Cl)cc1Cl. The van der Waals surface area contributed by atoms with Crippen LogP contribution < -0.4 is 9.46 Å². The highest BCUT2D eigenvalue weighted by atomic mass is 35.5. The fourth-order valence-electron chi connectivity index (χ4n) is 2.22. The summed E-state index contributed by atoms with van der Waals surface area (Å²) in [7, 11) is -2.51. The molecule has 0 bridgehead atoms. The first-order valence-electron chi connectivity index (χ1n) is 6.97. The second-order valence-electron chi connectivity index (χ2n) is 5.29. The minimum atomic E-state index is -3.90. The van der Waals surface area contributed by atoms with Crippen LogP contribution in [-0.4, -0.2) is 15.5 Å². The summed E-state index contributed by atoms with van der Waals surface area (Å²) in [5, 5.41) is 0.0481. The molecule has 0 radical (unpaired) electrons. The number of methoxy groups -OCH3 is 1. The Hall–Kier alpha value is -1.34. The van der Waals surface area contributed by atoms with Gasteiger partial charge in [-0.15, -0.1) is 0 Å². The zero-order valence-electron chi connectivity index (χ0n) is 13.2. The lowest BCUT2D eigenvalue weighted by atomic mass is 10.1. The van der Waals surface area contributed by atoms with E-state index in [0.29, 0.717) is 0 Å². The number of halogens is 3. The highest BCUT2D eigenvalue weighted by Crippen LogP contribution is 2.31. The Bertz CT molecular complexity index is 872. The number of hydrogen-bond donors (Lipinski definition) is 1. The van der Waals surface area contributed by atoms with Crippen molar-refractivity contribution in [3.05, 3.63) is 57.3 Å². The van der Waals surface area contributed by atoms with Crippen LogP contribution in [0.4, 0.5) is 4.39 Å². The van der Waals surface area contributed by atoms with E-state index in [-0.39, 0.29) is 26.3 Å². The molecule has 0 saturated heterocycles. The summed E-state index contributed by atoms with van der Waals surface area (Å²) in [6, 6.07) is 6.41. The third-order valence-electron chi connectivity index (χ3n) is 3.45. The first-order valence-corrected chi connectivity index (χ1v) is 9.21. The average Bonchev–Trinajstić information content (AvgIpc) is 2.50. The van der Waals surface area contributed by atoms with E-state index in [1.807, 2.05) is 0 Å². The Balaban J connectivity index is 2.39. The molecule has 0 heterocycles. The van der Waals surface area contributed by atoms with Gasteiger partial charge in [0, 0.05) is 11.1 Å². The molecule has 0 spiro atoms. The van der Waals surface area contributed by atoms with Crippen LogP contribution in [0.15, 0.2) is 35.2 Å². The molecule has 0 aliphatic rings. The Morgan fingerprint density at radius 1 is 1.17 bits per heavy atom. The minimum Gasteiger partial charge on any atom is -0.495 e. The quantitative estimate of drug-likeness (QED) is 0.763. The highest BCUT2D eigenvalue weighted by molar-refractivity contribution is 7.89. The molecule has 8 heteroatoms. The van der Waals surface area contributed by atoms with Crippen molar-refractivity contribution in [2.45, 2.75) is 24.8 Å². The first-order chi connectivity index (χ1) is 11.2. The van der Waals surface area contributed by atoms with Gasteiger partial charge in [0.25, 0.3) is 0 Å². The van der Waals surface area contributed by atoms with Crippen LogP contribution in [0, 0.1) is 12.7 Å². The van der Waals surface area contributed by atoms with Gasteiger partial charge in [-0.25, -0.2) is 17.5 Å². The molecule has 2 aromatic rings. The molecular weight excluding hydrogens is 376 g/mol. The molecule has 1 N–H and O–H groups in total. The predicted molar refractivity (Wildman–Crippen MR) is 92.9 cm³/mol. The molecular formula is C16H16Cl2FNO3S. The molecule has 130 valence electrons. The molecule has 0 unspecified atom stereocenters. The first kappa shape index (κ1) is 19.0. The van der Waals surface area contributed by atoms with Gasteiger partial charge < -0.3 is 4.74 Å². The largest absolute Gasteiger partial charge is 0.495 e. The minimum absolute atomic E-state index is 0.00223. The molecule has 1 atom stereocenters. The van der Waals surface area contributed by atoms with Crippen molar-refractivity contribution in [2.24, 2.45) is 0 Å². The second kappa shape index (κ2) is 7.27. The van der Waals surface area contributed by atoms with Crippen molar-refractivity contribution in [3.63, 3.8) is 0 Å². The van der Waals surface area contributed by atoms with Crippen LogP contribution >= 0.6 is 23.2 Å². The molecule has 0 saturated carbocycles. The van der Waals surface area contributed by atoms with Crippen LogP contribution in [-0.2, 0) is 10.0 Å². The Morgan fingerprint density at radius 3 is 2.46 bits per heavy atom. The molecule has 0 amide bonds. The van der Waals surface area contributed by atoms with E-state index < -0.39 is 21.9 Å². The number of sulfonamides is 1. The summed E-state index contributed by atoms with van der Waals surface area (Å²) in [6.07, 6.45) is 0. The molecule has 2 rings (SSSR count). The molecule has 0 aliphatic heterocycles. The van der Waals surface area contributed by atoms with Gasteiger partial charge in [-0.3, -0.25) is 0 Å². The van der Waals surface area contributed by atoms with E-state index in [1.165, 1.54) is 19.2 Å². The van der Waals surface area contributed by atoms with Gasteiger partial charge in [-0.05, 0) is 49.2 Å². The summed E-state index contributed by atoms with van der Waals surface area (Å²) in [5.74, 6) is -0.455. The maximum absolute atomic E-state index is 13.7. The molecule has 0 aromatic heterocycles. The second-order valence-corrected chi connectivity index (χ2v) is 7.78. The number of aryl methyl sites for hydroxylation is 1. The summed E-state index contributed by atoms with van der Waals surface area (Å²) >= 11 is 11.7. The summed E-state index contributed by atoms with van der Waals surface area (Å²) in [4.78, 5) is 0.00223. The molecule has 2 aromatic carbocycles. The monoisotopic (exact) mass is 391 g/mol. The fourth-order valence-corrected chi connectivity index (χ4v) is 4.25. The van der Waals surface area contributed by atoms with E-state index in [9.17, 15) is 12.8 Å². The Labute approximate surface area is 150 Å². The van der Waals surface area contributed by atoms with E-state index in [0.717, 1.165) is 11.6 Å². The van der Waals surface area contributed by atoms with Gasteiger partial charge in [0.15, 0.2) is 0 Å². The molecule has 24 heavy (non-hydrogen) atoms. The number of nitrogens with one attached hydrogen (secondary N) is 1. The van der Waals surface area contributed by atoms with E-state index in [2.05, 4.69) is 4.72 Å². The van der Waals surface area contributed by atoms with Gasteiger partial charge in [-0.1, -0.05) is 29.3 Å². The van der Waals surface area contributed by atoms with Gasteiger partial charge in [0.1, 0.15) is 16.5 Å². The summed E-state index contributed by atoms with van der Waals surface area (Å²) < 4.78 is 46.6. The fraction of sp³-hybridized carbons (Fsp3) is 0.250. The van der Waals surface area contributed by atoms with Gasteiger partial charge in [-0.2, -0.15) is 0 Å². The standard InChI is InChI=1S/C16H16Cl2FNO3S/c1-9-4-5-15(23-3)16(6-9)24(21,22)20-10(2)11-7-14(19)13(18)8-12(11)17/h4-8,10,20H,1-3H3/t10-/m0/s1. The van der Waals surface area contributed by atoms with Gasteiger partial charge in [0.05, 0.1) is 12.1 Å². The van der Waals surface area contributed by atoms with Gasteiger partial charge in [0.2, 0.25) is 10.0 Å². The normalized spacial score (nSPS) is 12.9. The van der Waals surface area contributed by atoms with Crippen LogP contribution in [0.3, 0.4) is 0 Å². The molecule has 0 fully saturated rings. The number of rotatable bonds is 5. The predicted octanol–water partition coefficient (Wildman–Crippen LogP) is 4.49. The maximum atomic E-state index is 13.7. The van der Waals surface area contributed by atoms with E-state index in [1.54, 1.807) is 26.0 Å². The van der Waals surface area contributed by atoms with Crippen LogP contribution in [0.1, 0.15) is 24.1 Å². The Kier molecular flexibility index (Phi) is 5.75. The molecule has 0 aliphatic carbocycles. The smallest absolute Gasteiger partial charge is 0.244 e. The van der Waals surface area contributed by atoms with Gasteiger partial charge >= 0.3 is 0 Å². The highest BCUT2D eigenvalue weighted by Gasteiger charge is 2.24. The van der Waals surface area contributed by atoms with Crippen molar-refractivity contribution in [3.8, 4) is 5.75 Å². The third-order valence-corrected chi connectivity index (χ3v) is 5.63. The van der Waals surface area contributed by atoms with Crippen LogP contribution in [0.2, 0.25) is 10.0 Å². The number of ether oxygens (including phenoxy) is 1. The van der Waals surface area contributed by atoms with Crippen molar-refractivity contribution in [1.82, 2.24) is 4.72 Å². The third kappa shape index (κ3) is 4.00. The number of hydrogen-bond acceptors (Lipinski definition) is 3. The lowest BCUT2D eigenvalue weighted by Gasteiger charge is -2.18. The maximum Gasteiger partial charge on any atom is 0.244 e. The van der Waals surface area contributed by atoms with E-state index in [4.69, 9.17) is 27.9 Å². The lowest BCUT2D eigenvalue weighted by molar-refractivity contribution is 0.402. The topological polar surface area (TPSA) is 55.4 Å². The Morgan fingerprint density at radius 2 is 1.83 bits per heavy atom. The summed E-state index contributed by atoms with van der Waals surface area (Å²) in [6.45, 7) is 3.34.